The van der Waals surface area contributed by atoms with Crippen molar-refractivity contribution in [3.8, 4) is 0 Å². The Morgan fingerprint density at radius 2 is 1.89 bits per heavy atom. The highest BCUT2D eigenvalue weighted by molar-refractivity contribution is 6.47. The van der Waals surface area contributed by atoms with Crippen LogP contribution in [-0.2, 0) is 14.1 Å². The molecule has 0 bridgehead atoms. The van der Waals surface area contributed by atoms with Crippen molar-refractivity contribution in [2.45, 2.75) is 71.5 Å². The number of aromatic nitrogens is 2. The molecule has 37 heavy (non-hydrogen) atoms. The fourth-order valence-corrected chi connectivity index (χ4v) is 5.22. The van der Waals surface area contributed by atoms with Crippen LogP contribution in [0.5, 0.6) is 0 Å². The molecule has 1 aliphatic heterocycles. The fraction of sp³-hybridized carbons (Fsp3) is 0.500. The van der Waals surface area contributed by atoms with Gasteiger partial charge in [0.15, 0.2) is 0 Å². The predicted octanol–water partition coefficient (Wildman–Crippen LogP) is 4.05. The van der Waals surface area contributed by atoms with Crippen LogP contribution >= 0.6 is 0 Å². The molecule has 2 N–H and O–H groups in total. The van der Waals surface area contributed by atoms with Crippen LogP contribution in [0, 0.1) is 17.8 Å². The van der Waals surface area contributed by atoms with Crippen molar-refractivity contribution in [2.24, 2.45) is 17.8 Å². The zero-order chi connectivity index (χ0) is 26.4. The van der Waals surface area contributed by atoms with Gasteiger partial charge in [-0.1, -0.05) is 64.4 Å². The molecule has 2 aliphatic rings. The highest BCUT2D eigenvalue weighted by Gasteiger charge is 2.49. The number of hydrogen-bond donors (Lipinski definition) is 2. The van der Waals surface area contributed by atoms with E-state index in [1.807, 2.05) is 30.3 Å². The third kappa shape index (κ3) is 7.05. The van der Waals surface area contributed by atoms with Crippen LogP contribution in [0.25, 0.3) is 6.08 Å². The monoisotopic (exact) mass is 504 g/mol. The van der Waals surface area contributed by atoms with E-state index in [1.54, 1.807) is 6.08 Å². The summed E-state index contributed by atoms with van der Waals surface area (Å²) < 4.78 is 12.9. The lowest BCUT2D eigenvalue weighted by molar-refractivity contribution is -0.118. The van der Waals surface area contributed by atoms with Crippen LogP contribution < -0.4 is 10.6 Å². The molecular formula is C28H37BN4O4. The molecule has 0 spiro atoms. The van der Waals surface area contributed by atoms with E-state index in [2.05, 4.69) is 48.3 Å². The van der Waals surface area contributed by atoms with Gasteiger partial charge in [-0.15, -0.1) is 0 Å². The minimum atomic E-state index is -0.533. The summed E-state index contributed by atoms with van der Waals surface area (Å²) in [5.41, 5.74) is 1.03. The third-order valence-electron chi connectivity index (χ3n) is 7.04. The highest BCUT2D eigenvalue weighted by atomic mass is 16.7. The van der Waals surface area contributed by atoms with E-state index in [-0.39, 0.29) is 29.5 Å². The molecule has 1 aromatic carbocycles. The van der Waals surface area contributed by atoms with Gasteiger partial charge in [0.1, 0.15) is 11.4 Å². The first-order chi connectivity index (χ1) is 17.8. The maximum atomic E-state index is 13.6. The Balaban J connectivity index is 1.55. The Morgan fingerprint density at radius 3 is 2.57 bits per heavy atom. The van der Waals surface area contributed by atoms with Crippen LogP contribution in [-0.4, -0.2) is 47.0 Å². The summed E-state index contributed by atoms with van der Waals surface area (Å²) in [5, 5.41) is 5.84. The van der Waals surface area contributed by atoms with E-state index in [9.17, 15) is 9.59 Å². The van der Waals surface area contributed by atoms with Crippen molar-refractivity contribution >= 4 is 25.0 Å². The molecule has 8 nitrogen and oxygen atoms in total. The number of nitrogens with one attached hydrogen (secondary N) is 2. The summed E-state index contributed by atoms with van der Waals surface area (Å²) >= 11 is 0. The molecule has 2 unspecified atom stereocenters. The van der Waals surface area contributed by atoms with E-state index in [4.69, 9.17) is 9.31 Å². The Kier molecular flexibility index (Phi) is 9.11. The maximum Gasteiger partial charge on any atom is 0.481 e. The van der Waals surface area contributed by atoms with Crippen molar-refractivity contribution in [3.05, 3.63) is 65.9 Å². The van der Waals surface area contributed by atoms with E-state index in [1.165, 1.54) is 18.6 Å². The number of amides is 2. The van der Waals surface area contributed by atoms with Gasteiger partial charge in [0.25, 0.3) is 11.8 Å². The van der Waals surface area contributed by atoms with Crippen molar-refractivity contribution in [3.63, 3.8) is 0 Å². The summed E-state index contributed by atoms with van der Waals surface area (Å²) in [4.78, 5) is 34.5. The van der Waals surface area contributed by atoms with Crippen molar-refractivity contribution in [1.82, 2.24) is 20.6 Å². The number of fused-ring (bicyclic) bond motifs is 1. The van der Waals surface area contributed by atoms with Gasteiger partial charge in [0.2, 0.25) is 0 Å². The first-order valence-electron chi connectivity index (χ1n) is 13.3. The molecule has 0 radical (unpaired) electrons. The highest BCUT2D eigenvalue weighted by Crippen LogP contribution is 2.39. The zero-order valence-corrected chi connectivity index (χ0v) is 22.1. The van der Waals surface area contributed by atoms with E-state index in [0.717, 1.165) is 24.8 Å². The lowest BCUT2D eigenvalue weighted by atomic mass is 9.74. The molecule has 1 saturated heterocycles. The Morgan fingerprint density at radius 1 is 1.11 bits per heavy atom. The van der Waals surface area contributed by atoms with Gasteiger partial charge in [-0.3, -0.25) is 14.6 Å². The summed E-state index contributed by atoms with van der Waals surface area (Å²) in [6, 6.07) is 9.38. The second-order valence-electron chi connectivity index (χ2n) is 10.7. The zero-order valence-electron chi connectivity index (χ0n) is 22.1. The average molecular weight is 504 g/mol. The van der Waals surface area contributed by atoms with Gasteiger partial charge in [0, 0.05) is 12.4 Å². The number of benzene rings is 1. The second kappa shape index (κ2) is 12.5. The SMILES string of the molecule is CC(C)CC(NC(=O)/C(=C\c1ccccc1)NC(=O)c1cnccn1)B1O[C@@H]2CCCC(C(C)C)[C@@H]2O1. The number of rotatable bonds is 9. The molecule has 2 aromatic rings. The topological polar surface area (TPSA) is 102 Å². The van der Waals surface area contributed by atoms with Crippen LogP contribution in [0.4, 0.5) is 0 Å². The second-order valence-corrected chi connectivity index (χ2v) is 10.7. The van der Waals surface area contributed by atoms with Gasteiger partial charge < -0.3 is 19.9 Å². The van der Waals surface area contributed by atoms with Crippen LogP contribution in [0.15, 0.2) is 54.6 Å². The van der Waals surface area contributed by atoms with E-state index in [0.29, 0.717) is 24.2 Å². The molecule has 196 valence electrons. The average Bonchev–Trinajstić information content (AvgIpc) is 3.33. The number of nitrogens with zero attached hydrogens (tertiary/aromatic N) is 2. The van der Waals surface area contributed by atoms with Crippen LogP contribution in [0.3, 0.4) is 0 Å². The van der Waals surface area contributed by atoms with Crippen LogP contribution in [0.2, 0.25) is 0 Å². The summed E-state index contributed by atoms with van der Waals surface area (Å²) in [6.07, 6.45) is 9.95. The molecule has 1 aromatic heterocycles. The predicted molar refractivity (Wildman–Crippen MR) is 143 cm³/mol. The largest absolute Gasteiger partial charge is 0.481 e. The first-order valence-corrected chi connectivity index (χ1v) is 13.3. The standard InChI is InChI=1S/C28H37BN4O4/c1-18(2)15-25(29-36-24-12-8-11-21(19(3)4)26(24)37-29)33-27(34)22(16-20-9-6-5-7-10-20)32-28(35)23-17-30-13-14-31-23/h5-7,9-10,13-14,16-19,21,24-26H,8,11-12,15H2,1-4H3,(H,32,35)(H,33,34)/b22-16+/t21?,24-,25?,26+/m1/s1. The number of hydrogen-bond acceptors (Lipinski definition) is 6. The molecule has 1 saturated carbocycles. The first kappa shape index (κ1) is 27.0. The van der Waals surface area contributed by atoms with Gasteiger partial charge in [-0.05, 0) is 48.7 Å². The third-order valence-corrected chi connectivity index (χ3v) is 7.04. The Labute approximate surface area is 219 Å². The lowest BCUT2D eigenvalue weighted by Gasteiger charge is -2.34. The van der Waals surface area contributed by atoms with Crippen LogP contribution in [0.1, 0.15) is 69.4 Å². The van der Waals surface area contributed by atoms with Gasteiger partial charge in [-0.2, -0.15) is 0 Å². The molecular weight excluding hydrogens is 467 g/mol. The minimum absolute atomic E-state index is 0.0426. The number of carbonyl (C=O) groups is 2. The lowest BCUT2D eigenvalue weighted by Crippen LogP contribution is -2.50. The summed E-state index contributed by atoms with van der Waals surface area (Å²) in [7, 11) is -0.533. The van der Waals surface area contributed by atoms with Gasteiger partial charge in [-0.25, -0.2) is 4.98 Å². The van der Waals surface area contributed by atoms with Gasteiger partial charge in [0.05, 0.1) is 24.3 Å². The van der Waals surface area contributed by atoms with Crippen molar-refractivity contribution in [2.75, 3.05) is 0 Å². The molecule has 1 aliphatic carbocycles. The molecule has 2 fully saturated rings. The quantitative estimate of drug-likeness (QED) is 0.395. The summed E-state index contributed by atoms with van der Waals surface area (Å²) in [5.74, 6) is -0.0292. The van der Waals surface area contributed by atoms with Gasteiger partial charge >= 0.3 is 7.12 Å². The fourth-order valence-electron chi connectivity index (χ4n) is 5.22. The number of carbonyl (C=O) groups excluding carboxylic acids is 2. The summed E-state index contributed by atoms with van der Waals surface area (Å²) in [6.45, 7) is 8.68. The Hall–Kier alpha value is -3.04. The molecule has 4 atom stereocenters. The smallest absolute Gasteiger partial charge is 0.404 e. The minimum Gasteiger partial charge on any atom is -0.404 e. The van der Waals surface area contributed by atoms with E-state index >= 15 is 0 Å². The van der Waals surface area contributed by atoms with Crippen molar-refractivity contribution in [1.29, 1.82) is 0 Å². The Bertz CT molecular complexity index is 1080. The normalized spacial score (nSPS) is 22.6. The molecule has 2 amide bonds. The van der Waals surface area contributed by atoms with Crippen molar-refractivity contribution < 1.29 is 18.9 Å². The molecule has 4 rings (SSSR count). The maximum absolute atomic E-state index is 13.6. The molecule has 2 heterocycles. The molecule has 9 heteroatoms. The van der Waals surface area contributed by atoms with E-state index < -0.39 is 18.9 Å².